The van der Waals surface area contributed by atoms with Crippen LogP contribution < -0.4 is 0 Å². The molecule has 0 unspecified atom stereocenters. The Hall–Kier alpha value is -2.60. The molecule has 1 aliphatic rings. The monoisotopic (exact) mass is 310 g/mol. The van der Waals surface area contributed by atoms with E-state index in [1.54, 1.807) is 0 Å². The molecule has 118 valence electrons. The van der Waals surface area contributed by atoms with Gasteiger partial charge in [-0.3, -0.25) is 0 Å². The van der Waals surface area contributed by atoms with Crippen molar-refractivity contribution in [3.8, 4) is 11.1 Å². The lowest BCUT2D eigenvalue weighted by molar-refractivity contribution is 0.661. The van der Waals surface area contributed by atoms with Crippen molar-refractivity contribution >= 4 is 22.9 Å². The lowest BCUT2D eigenvalue weighted by Crippen LogP contribution is -2.15. The third-order valence-electron chi connectivity index (χ3n) is 5.31. The van der Waals surface area contributed by atoms with Crippen LogP contribution in [0.5, 0.6) is 0 Å². The summed E-state index contributed by atoms with van der Waals surface area (Å²) in [5.74, 6) is 0. The fourth-order valence-electron chi connectivity index (χ4n) is 4.00. The van der Waals surface area contributed by atoms with Crippen LogP contribution in [0.25, 0.3) is 34.1 Å². The molecule has 4 rings (SSSR count). The van der Waals surface area contributed by atoms with Gasteiger partial charge < -0.3 is 0 Å². The predicted octanol–water partition coefficient (Wildman–Crippen LogP) is 6.82. The minimum atomic E-state index is 0.0148. The Morgan fingerprint density at radius 1 is 0.833 bits per heavy atom. The summed E-state index contributed by atoms with van der Waals surface area (Å²) < 4.78 is 0. The summed E-state index contributed by atoms with van der Waals surface area (Å²) in [6.45, 7) is 10.7. The number of rotatable bonds is 2. The smallest absolute Gasteiger partial charge is 0.0159 e. The van der Waals surface area contributed by atoms with Crippen molar-refractivity contribution in [2.24, 2.45) is 0 Å². The fraction of sp³-hybridized carbons (Fsp3) is 0.167. The van der Waals surface area contributed by atoms with Gasteiger partial charge >= 0.3 is 0 Å². The van der Waals surface area contributed by atoms with Crippen LogP contribution in [0.1, 0.15) is 43.0 Å². The minimum absolute atomic E-state index is 0.0148. The molecule has 1 aliphatic carbocycles. The van der Waals surface area contributed by atoms with Crippen LogP contribution in [-0.4, -0.2) is 0 Å². The van der Waals surface area contributed by atoms with E-state index in [-0.39, 0.29) is 5.41 Å². The second kappa shape index (κ2) is 5.21. The van der Waals surface area contributed by atoms with Crippen molar-refractivity contribution in [1.29, 1.82) is 0 Å². The number of hydrogen-bond donors (Lipinski definition) is 0. The maximum absolute atomic E-state index is 4.01. The van der Waals surface area contributed by atoms with Crippen molar-refractivity contribution < 1.29 is 0 Å². The van der Waals surface area contributed by atoms with E-state index in [1.807, 2.05) is 6.08 Å². The van der Waals surface area contributed by atoms with E-state index >= 15 is 0 Å². The van der Waals surface area contributed by atoms with Gasteiger partial charge in [-0.2, -0.15) is 0 Å². The molecule has 0 fully saturated rings. The molecule has 3 aromatic rings. The first-order valence-corrected chi connectivity index (χ1v) is 8.53. The van der Waals surface area contributed by atoms with Crippen molar-refractivity contribution in [1.82, 2.24) is 0 Å². The third kappa shape index (κ3) is 1.99. The Balaban J connectivity index is 2.08. The predicted molar refractivity (Wildman–Crippen MR) is 106 cm³/mol. The van der Waals surface area contributed by atoms with Crippen LogP contribution in [0, 0.1) is 0 Å². The summed E-state index contributed by atoms with van der Waals surface area (Å²) >= 11 is 0. The van der Waals surface area contributed by atoms with Gasteiger partial charge in [0.05, 0.1) is 0 Å². The molecule has 0 radical (unpaired) electrons. The van der Waals surface area contributed by atoms with Gasteiger partial charge in [-0.15, -0.1) is 0 Å². The number of fused-ring (bicyclic) bond motifs is 4. The fourth-order valence-corrected chi connectivity index (χ4v) is 4.00. The normalized spacial score (nSPS) is 14.8. The molecule has 3 aromatic carbocycles. The third-order valence-corrected chi connectivity index (χ3v) is 5.31. The van der Waals surface area contributed by atoms with Gasteiger partial charge in [-0.05, 0) is 75.3 Å². The summed E-state index contributed by atoms with van der Waals surface area (Å²) in [6.07, 6.45) is 6.23. The van der Waals surface area contributed by atoms with E-state index in [0.29, 0.717) is 0 Å². The van der Waals surface area contributed by atoms with Crippen LogP contribution in [0.15, 0.2) is 61.2 Å². The summed E-state index contributed by atoms with van der Waals surface area (Å²) in [6, 6.07) is 18.0. The molecular weight excluding hydrogens is 288 g/mol. The van der Waals surface area contributed by atoms with Crippen molar-refractivity contribution in [3.05, 3.63) is 83.4 Å². The SMILES string of the molecule is C=Cc1cc2c(cc1/C=C\C)-c1cc3ccccc3cc1C2(C)C. The topological polar surface area (TPSA) is 0 Å². The van der Waals surface area contributed by atoms with Gasteiger partial charge in [0.2, 0.25) is 0 Å². The van der Waals surface area contributed by atoms with Gasteiger partial charge in [0.1, 0.15) is 0 Å². The summed E-state index contributed by atoms with van der Waals surface area (Å²) in [7, 11) is 0. The first kappa shape index (κ1) is 15.0. The summed E-state index contributed by atoms with van der Waals surface area (Å²) in [5.41, 5.74) is 8.01. The quantitative estimate of drug-likeness (QED) is 0.487. The summed E-state index contributed by atoms with van der Waals surface area (Å²) in [5, 5.41) is 2.62. The van der Waals surface area contributed by atoms with E-state index in [0.717, 1.165) is 0 Å². The van der Waals surface area contributed by atoms with Gasteiger partial charge in [-0.1, -0.05) is 62.9 Å². The van der Waals surface area contributed by atoms with Gasteiger partial charge in [0, 0.05) is 5.41 Å². The molecule has 0 saturated heterocycles. The van der Waals surface area contributed by atoms with E-state index in [1.165, 1.54) is 44.2 Å². The molecule has 0 heteroatoms. The van der Waals surface area contributed by atoms with Crippen molar-refractivity contribution in [2.75, 3.05) is 0 Å². The van der Waals surface area contributed by atoms with E-state index in [4.69, 9.17) is 0 Å². The van der Waals surface area contributed by atoms with Crippen molar-refractivity contribution in [3.63, 3.8) is 0 Å². The molecule has 0 nitrogen and oxygen atoms in total. The standard InChI is InChI=1S/C24H22/c1-5-9-17-12-20-21-13-18-10-7-8-11-19(18)15-23(21)24(3,4)22(20)14-16(17)6-2/h5-15H,2H2,1,3-4H3/b9-5-. The highest BCUT2D eigenvalue weighted by molar-refractivity contribution is 5.94. The van der Waals surface area contributed by atoms with Crippen molar-refractivity contribution in [2.45, 2.75) is 26.2 Å². The Morgan fingerprint density at radius 3 is 2.12 bits per heavy atom. The second-order valence-electron chi connectivity index (χ2n) is 7.10. The molecule has 24 heavy (non-hydrogen) atoms. The maximum Gasteiger partial charge on any atom is 0.0159 e. The maximum atomic E-state index is 4.01. The Labute approximate surface area is 144 Å². The molecule has 0 heterocycles. The molecule has 0 saturated carbocycles. The Kier molecular flexibility index (Phi) is 3.25. The molecule has 0 aliphatic heterocycles. The number of allylic oxidation sites excluding steroid dienone is 1. The van der Waals surface area contributed by atoms with Crippen LogP contribution in [0.3, 0.4) is 0 Å². The average molecular weight is 310 g/mol. The first-order chi connectivity index (χ1) is 11.6. The molecule has 0 atom stereocenters. The second-order valence-corrected chi connectivity index (χ2v) is 7.10. The largest absolute Gasteiger partial charge is 0.0984 e. The highest BCUT2D eigenvalue weighted by atomic mass is 14.4. The van der Waals surface area contributed by atoms with Crippen LogP contribution in [-0.2, 0) is 5.41 Å². The van der Waals surface area contributed by atoms with E-state index in [2.05, 4.69) is 88.0 Å². The van der Waals surface area contributed by atoms with Crippen LogP contribution in [0.4, 0.5) is 0 Å². The highest BCUT2D eigenvalue weighted by Gasteiger charge is 2.36. The molecule has 0 amide bonds. The Morgan fingerprint density at radius 2 is 1.46 bits per heavy atom. The lowest BCUT2D eigenvalue weighted by Gasteiger charge is -2.22. The zero-order chi connectivity index (χ0) is 16.9. The first-order valence-electron chi connectivity index (χ1n) is 8.53. The molecule has 0 aromatic heterocycles. The molecular formula is C24H22. The molecule has 0 bridgehead atoms. The van der Waals surface area contributed by atoms with Gasteiger partial charge in [-0.25, -0.2) is 0 Å². The average Bonchev–Trinajstić information content (AvgIpc) is 2.80. The zero-order valence-electron chi connectivity index (χ0n) is 14.6. The van der Waals surface area contributed by atoms with Crippen LogP contribution in [0.2, 0.25) is 0 Å². The number of benzene rings is 3. The minimum Gasteiger partial charge on any atom is -0.0984 e. The molecule has 0 spiro atoms. The van der Waals surface area contributed by atoms with Gasteiger partial charge in [0.15, 0.2) is 0 Å². The Bertz CT molecular complexity index is 1000. The van der Waals surface area contributed by atoms with E-state index in [9.17, 15) is 0 Å². The van der Waals surface area contributed by atoms with Gasteiger partial charge in [0.25, 0.3) is 0 Å². The summed E-state index contributed by atoms with van der Waals surface area (Å²) in [4.78, 5) is 0. The number of hydrogen-bond acceptors (Lipinski definition) is 0. The molecule has 0 N–H and O–H groups in total. The lowest BCUT2D eigenvalue weighted by atomic mass is 9.81. The highest BCUT2D eigenvalue weighted by Crippen LogP contribution is 2.50. The van der Waals surface area contributed by atoms with Crippen LogP contribution >= 0.6 is 0 Å². The zero-order valence-corrected chi connectivity index (χ0v) is 14.6. The van der Waals surface area contributed by atoms with E-state index < -0.39 is 0 Å².